The molecular formula is C9H20O4. The predicted octanol–water partition coefficient (Wildman–Crippen LogP) is 0.0288. The van der Waals surface area contributed by atoms with Crippen LogP contribution in [0, 0.1) is 5.92 Å². The van der Waals surface area contributed by atoms with E-state index in [-0.39, 0.29) is 19.8 Å². The minimum atomic E-state index is -0.592. The second-order valence-corrected chi connectivity index (χ2v) is 3.38. The summed E-state index contributed by atoms with van der Waals surface area (Å²) in [5.74, 6) is 0.477. The van der Waals surface area contributed by atoms with Crippen molar-refractivity contribution in [2.45, 2.75) is 20.0 Å². The fourth-order valence-electron chi connectivity index (χ4n) is 0.772. The molecule has 0 aliphatic rings. The van der Waals surface area contributed by atoms with Gasteiger partial charge >= 0.3 is 0 Å². The van der Waals surface area contributed by atoms with E-state index < -0.39 is 6.10 Å². The summed E-state index contributed by atoms with van der Waals surface area (Å²) < 4.78 is 10.1. The summed E-state index contributed by atoms with van der Waals surface area (Å²) in [7, 11) is 0. The summed E-state index contributed by atoms with van der Waals surface area (Å²) in [6, 6.07) is 0. The number of hydrogen-bond acceptors (Lipinski definition) is 4. The Morgan fingerprint density at radius 2 is 1.69 bits per heavy atom. The first-order valence-electron chi connectivity index (χ1n) is 4.61. The van der Waals surface area contributed by atoms with Crippen LogP contribution in [0.15, 0.2) is 0 Å². The molecular weight excluding hydrogens is 172 g/mol. The summed E-state index contributed by atoms with van der Waals surface area (Å²) in [5.41, 5.74) is 0. The van der Waals surface area contributed by atoms with E-state index in [0.717, 1.165) is 0 Å². The van der Waals surface area contributed by atoms with Gasteiger partial charge in [0, 0.05) is 6.61 Å². The lowest BCUT2D eigenvalue weighted by molar-refractivity contribution is -0.0295. The van der Waals surface area contributed by atoms with Crippen molar-refractivity contribution in [1.29, 1.82) is 0 Å². The summed E-state index contributed by atoms with van der Waals surface area (Å²) in [6.45, 7) is 5.52. The molecule has 0 aromatic rings. The number of hydrogen-bond donors (Lipinski definition) is 2. The van der Waals surface area contributed by atoms with E-state index in [1.807, 2.05) is 0 Å². The van der Waals surface area contributed by atoms with Gasteiger partial charge in [-0.05, 0) is 5.92 Å². The van der Waals surface area contributed by atoms with Crippen LogP contribution in [0.2, 0.25) is 0 Å². The van der Waals surface area contributed by atoms with Gasteiger partial charge in [0.1, 0.15) is 6.10 Å². The van der Waals surface area contributed by atoms with Crippen LogP contribution in [-0.2, 0) is 9.47 Å². The predicted molar refractivity (Wildman–Crippen MR) is 49.6 cm³/mol. The van der Waals surface area contributed by atoms with Gasteiger partial charge in [0.05, 0.1) is 26.4 Å². The number of aliphatic hydroxyl groups excluding tert-OH is 2. The van der Waals surface area contributed by atoms with Crippen LogP contribution in [0.4, 0.5) is 0 Å². The standard InChI is InChI=1S/C9H20O4/c1-8(2)5-13-7-9(11)6-12-4-3-10/h8-11H,3-7H2,1-2H3. The van der Waals surface area contributed by atoms with E-state index in [2.05, 4.69) is 13.8 Å². The second-order valence-electron chi connectivity index (χ2n) is 3.38. The van der Waals surface area contributed by atoms with Gasteiger partial charge in [0.15, 0.2) is 0 Å². The molecule has 0 aliphatic heterocycles. The zero-order chi connectivity index (χ0) is 10.1. The van der Waals surface area contributed by atoms with Crippen LogP contribution < -0.4 is 0 Å². The van der Waals surface area contributed by atoms with Crippen molar-refractivity contribution in [3.8, 4) is 0 Å². The monoisotopic (exact) mass is 192 g/mol. The van der Waals surface area contributed by atoms with Crippen LogP contribution in [-0.4, -0.2) is 49.4 Å². The Labute approximate surface area is 79.5 Å². The van der Waals surface area contributed by atoms with Gasteiger partial charge in [-0.1, -0.05) is 13.8 Å². The SMILES string of the molecule is CC(C)COCC(O)COCCO. The minimum Gasteiger partial charge on any atom is -0.394 e. The third kappa shape index (κ3) is 9.76. The van der Waals surface area contributed by atoms with Crippen LogP contribution in [0.3, 0.4) is 0 Å². The molecule has 2 N–H and O–H groups in total. The lowest BCUT2D eigenvalue weighted by atomic mass is 10.2. The average molecular weight is 192 g/mol. The van der Waals surface area contributed by atoms with E-state index in [9.17, 15) is 5.11 Å². The largest absolute Gasteiger partial charge is 0.394 e. The first kappa shape index (κ1) is 12.8. The van der Waals surface area contributed by atoms with Gasteiger partial charge in [0.2, 0.25) is 0 Å². The van der Waals surface area contributed by atoms with Crippen LogP contribution in [0.5, 0.6) is 0 Å². The molecule has 1 unspecified atom stereocenters. The Hall–Kier alpha value is -0.160. The summed E-state index contributed by atoms with van der Waals surface area (Å²) >= 11 is 0. The Morgan fingerprint density at radius 1 is 1.08 bits per heavy atom. The first-order valence-corrected chi connectivity index (χ1v) is 4.61. The van der Waals surface area contributed by atoms with Crippen LogP contribution in [0.1, 0.15) is 13.8 Å². The van der Waals surface area contributed by atoms with Crippen molar-refractivity contribution in [1.82, 2.24) is 0 Å². The number of aliphatic hydroxyl groups is 2. The maximum absolute atomic E-state index is 9.26. The van der Waals surface area contributed by atoms with E-state index in [1.165, 1.54) is 0 Å². The highest BCUT2D eigenvalue weighted by Crippen LogP contribution is 1.94. The first-order chi connectivity index (χ1) is 6.16. The molecule has 4 heteroatoms. The molecule has 1 atom stereocenters. The van der Waals surface area contributed by atoms with Gasteiger partial charge in [-0.25, -0.2) is 0 Å². The van der Waals surface area contributed by atoms with Crippen molar-refractivity contribution in [2.75, 3.05) is 33.0 Å². The highest BCUT2D eigenvalue weighted by Gasteiger charge is 2.04. The zero-order valence-corrected chi connectivity index (χ0v) is 8.40. The smallest absolute Gasteiger partial charge is 0.101 e. The Bertz CT molecular complexity index is 106. The topological polar surface area (TPSA) is 58.9 Å². The average Bonchev–Trinajstić information content (AvgIpc) is 2.04. The molecule has 4 nitrogen and oxygen atoms in total. The maximum atomic E-state index is 9.26. The molecule has 0 amide bonds. The molecule has 0 heterocycles. The molecule has 0 bridgehead atoms. The van der Waals surface area contributed by atoms with E-state index >= 15 is 0 Å². The summed E-state index contributed by atoms with van der Waals surface area (Å²) in [4.78, 5) is 0. The molecule has 0 aromatic carbocycles. The summed E-state index contributed by atoms with van der Waals surface area (Å²) in [6.07, 6.45) is -0.592. The molecule has 80 valence electrons. The number of rotatable bonds is 8. The van der Waals surface area contributed by atoms with Gasteiger partial charge in [-0.2, -0.15) is 0 Å². The highest BCUT2D eigenvalue weighted by atomic mass is 16.5. The Kier molecular flexibility index (Phi) is 8.33. The quantitative estimate of drug-likeness (QED) is 0.533. The van der Waals surface area contributed by atoms with Crippen LogP contribution in [0.25, 0.3) is 0 Å². The lowest BCUT2D eigenvalue weighted by Crippen LogP contribution is -2.23. The molecule has 13 heavy (non-hydrogen) atoms. The third-order valence-electron chi connectivity index (χ3n) is 1.31. The third-order valence-corrected chi connectivity index (χ3v) is 1.31. The zero-order valence-electron chi connectivity index (χ0n) is 8.40. The molecule has 0 aliphatic carbocycles. The van der Waals surface area contributed by atoms with Gasteiger partial charge in [0.25, 0.3) is 0 Å². The van der Waals surface area contributed by atoms with Gasteiger partial charge in [-0.15, -0.1) is 0 Å². The van der Waals surface area contributed by atoms with E-state index in [0.29, 0.717) is 19.1 Å². The molecule has 0 saturated carbocycles. The van der Waals surface area contributed by atoms with Crippen molar-refractivity contribution < 1.29 is 19.7 Å². The second kappa shape index (κ2) is 8.44. The van der Waals surface area contributed by atoms with Crippen molar-refractivity contribution in [3.05, 3.63) is 0 Å². The van der Waals surface area contributed by atoms with Crippen molar-refractivity contribution >= 4 is 0 Å². The molecule has 0 saturated heterocycles. The molecule has 0 fully saturated rings. The lowest BCUT2D eigenvalue weighted by Gasteiger charge is -2.12. The maximum Gasteiger partial charge on any atom is 0.101 e. The Balaban J connectivity index is 3.15. The molecule has 0 radical (unpaired) electrons. The highest BCUT2D eigenvalue weighted by molar-refractivity contribution is 4.51. The van der Waals surface area contributed by atoms with Crippen LogP contribution >= 0.6 is 0 Å². The van der Waals surface area contributed by atoms with Crippen molar-refractivity contribution in [2.24, 2.45) is 5.92 Å². The molecule has 0 aromatic heterocycles. The fourth-order valence-corrected chi connectivity index (χ4v) is 0.772. The molecule has 0 spiro atoms. The van der Waals surface area contributed by atoms with Gasteiger partial charge in [-0.3, -0.25) is 0 Å². The van der Waals surface area contributed by atoms with E-state index in [4.69, 9.17) is 14.6 Å². The Morgan fingerprint density at radius 3 is 2.23 bits per heavy atom. The summed E-state index contributed by atoms with van der Waals surface area (Å²) in [5, 5.41) is 17.6. The molecule has 0 rings (SSSR count). The van der Waals surface area contributed by atoms with E-state index in [1.54, 1.807) is 0 Å². The normalized spacial score (nSPS) is 13.6. The van der Waals surface area contributed by atoms with Gasteiger partial charge < -0.3 is 19.7 Å². The fraction of sp³-hybridized carbons (Fsp3) is 1.00. The minimum absolute atomic E-state index is 0.0143. The van der Waals surface area contributed by atoms with Crippen molar-refractivity contribution in [3.63, 3.8) is 0 Å². The number of ether oxygens (including phenoxy) is 2.